The molecule has 0 aliphatic heterocycles. The molecule has 3 nitrogen and oxygen atoms in total. The van der Waals surface area contributed by atoms with Gasteiger partial charge in [-0.25, -0.2) is 0 Å². The first-order valence-electron chi connectivity index (χ1n) is 7.23. The average molecular weight is 278 g/mol. The van der Waals surface area contributed by atoms with E-state index in [1.807, 2.05) is 24.3 Å². The summed E-state index contributed by atoms with van der Waals surface area (Å²) in [6.07, 6.45) is 3.27. The predicted octanol–water partition coefficient (Wildman–Crippen LogP) is 3.71. The molecule has 3 heteroatoms. The van der Waals surface area contributed by atoms with Crippen LogP contribution in [0.5, 0.6) is 5.75 Å². The number of benzene rings is 1. The van der Waals surface area contributed by atoms with Gasteiger partial charge in [-0.2, -0.15) is 0 Å². The molecule has 0 fully saturated rings. The minimum atomic E-state index is -0.447. The van der Waals surface area contributed by atoms with E-state index in [0.717, 1.165) is 36.1 Å². The Bertz CT molecular complexity index is 384. The zero-order valence-electron chi connectivity index (χ0n) is 12.6. The van der Waals surface area contributed by atoms with Crippen LogP contribution in [0, 0.1) is 0 Å². The Balaban J connectivity index is 2.18. The molecule has 0 saturated heterocycles. The minimum Gasteiger partial charge on any atom is -0.497 e. The van der Waals surface area contributed by atoms with Gasteiger partial charge in [0.05, 0.1) is 19.8 Å². The van der Waals surface area contributed by atoms with E-state index in [4.69, 9.17) is 9.47 Å². The van der Waals surface area contributed by atoms with Crippen molar-refractivity contribution < 1.29 is 14.6 Å². The maximum absolute atomic E-state index is 9.91. The molecule has 0 radical (unpaired) electrons. The highest BCUT2D eigenvalue weighted by Gasteiger charge is 2.08. The van der Waals surface area contributed by atoms with Crippen molar-refractivity contribution in [1.29, 1.82) is 0 Å². The lowest BCUT2D eigenvalue weighted by Gasteiger charge is -2.13. The van der Waals surface area contributed by atoms with Gasteiger partial charge in [0.25, 0.3) is 0 Å². The van der Waals surface area contributed by atoms with Crippen molar-refractivity contribution in [3.05, 3.63) is 42.0 Å². The predicted molar refractivity (Wildman–Crippen MR) is 81.9 cm³/mol. The molecular formula is C17H26O3. The van der Waals surface area contributed by atoms with Gasteiger partial charge in [-0.05, 0) is 36.1 Å². The van der Waals surface area contributed by atoms with Gasteiger partial charge in [0.15, 0.2) is 0 Å². The molecule has 20 heavy (non-hydrogen) atoms. The van der Waals surface area contributed by atoms with Crippen LogP contribution in [-0.2, 0) is 11.3 Å². The fourth-order valence-electron chi connectivity index (χ4n) is 1.88. The highest BCUT2D eigenvalue weighted by molar-refractivity contribution is 5.26. The topological polar surface area (TPSA) is 38.7 Å². The van der Waals surface area contributed by atoms with Crippen LogP contribution in [0.1, 0.15) is 38.2 Å². The van der Waals surface area contributed by atoms with E-state index in [1.165, 1.54) is 0 Å². The molecule has 1 N–H and O–H groups in total. The van der Waals surface area contributed by atoms with Gasteiger partial charge in [-0.1, -0.05) is 32.1 Å². The molecule has 1 rings (SSSR count). The molecule has 112 valence electrons. The van der Waals surface area contributed by atoms with Crippen molar-refractivity contribution in [1.82, 2.24) is 0 Å². The number of unbranched alkanes of at least 4 members (excludes halogenated alkanes) is 1. The summed E-state index contributed by atoms with van der Waals surface area (Å²) in [6.45, 7) is 7.16. The zero-order chi connectivity index (χ0) is 14.8. The number of rotatable bonds is 10. The molecule has 0 aliphatic carbocycles. The van der Waals surface area contributed by atoms with E-state index in [1.54, 1.807) is 7.11 Å². The van der Waals surface area contributed by atoms with Crippen molar-refractivity contribution in [2.24, 2.45) is 0 Å². The fourth-order valence-corrected chi connectivity index (χ4v) is 1.88. The third-order valence-corrected chi connectivity index (χ3v) is 3.29. The maximum Gasteiger partial charge on any atom is 0.118 e. The van der Waals surface area contributed by atoms with E-state index in [2.05, 4.69) is 13.5 Å². The Hall–Kier alpha value is -1.32. The lowest BCUT2D eigenvalue weighted by Crippen LogP contribution is -2.13. The van der Waals surface area contributed by atoms with Crippen LogP contribution in [0.2, 0.25) is 0 Å². The van der Waals surface area contributed by atoms with Crippen LogP contribution in [0.25, 0.3) is 0 Å². The second-order valence-corrected chi connectivity index (χ2v) is 4.97. The van der Waals surface area contributed by atoms with Crippen LogP contribution < -0.4 is 4.74 Å². The summed E-state index contributed by atoms with van der Waals surface area (Å²) in [5.74, 6) is 0.844. The molecule has 0 heterocycles. The molecular weight excluding hydrogens is 252 g/mol. The first-order chi connectivity index (χ1) is 9.67. The first-order valence-corrected chi connectivity index (χ1v) is 7.23. The number of ether oxygens (including phenoxy) is 2. The fraction of sp³-hybridized carbons (Fsp3) is 0.529. The molecule has 1 atom stereocenters. The van der Waals surface area contributed by atoms with Crippen LogP contribution in [0.15, 0.2) is 36.4 Å². The van der Waals surface area contributed by atoms with Crippen molar-refractivity contribution in [2.75, 3.05) is 13.7 Å². The Morgan fingerprint density at radius 2 is 2.00 bits per heavy atom. The molecule has 0 saturated carbocycles. The minimum absolute atomic E-state index is 0.447. The summed E-state index contributed by atoms with van der Waals surface area (Å²) in [4.78, 5) is 0. The lowest BCUT2D eigenvalue weighted by molar-refractivity contribution is 0.0842. The van der Waals surface area contributed by atoms with Crippen molar-refractivity contribution >= 4 is 0 Å². The van der Waals surface area contributed by atoms with E-state index < -0.39 is 6.10 Å². The summed E-state index contributed by atoms with van der Waals surface area (Å²) in [5.41, 5.74) is 2.02. The normalized spacial score (nSPS) is 12.2. The van der Waals surface area contributed by atoms with E-state index in [9.17, 15) is 5.11 Å². The van der Waals surface area contributed by atoms with Gasteiger partial charge in [0.1, 0.15) is 5.75 Å². The van der Waals surface area contributed by atoms with Crippen LogP contribution in [-0.4, -0.2) is 24.9 Å². The summed E-state index contributed by atoms with van der Waals surface area (Å²) in [7, 11) is 1.65. The summed E-state index contributed by atoms with van der Waals surface area (Å²) in [5, 5.41) is 9.91. The highest BCUT2D eigenvalue weighted by atomic mass is 16.5. The number of hydrogen-bond donors (Lipinski definition) is 1. The van der Waals surface area contributed by atoms with Gasteiger partial charge in [-0.15, -0.1) is 0 Å². The van der Waals surface area contributed by atoms with Crippen molar-refractivity contribution in [2.45, 2.75) is 45.3 Å². The third-order valence-electron chi connectivity index (χ3n) is 3.29. The number of aliphatic hydroxyl groups excluding tert-OH is 1. The number of aliphatic hydroxyl groups is 1. The molecule has 0 amide bonds. The average Bonchev–Trinajstić information content (AvgIpc) is 2.49. The maximum atomic E-state index is 9.91. The number of methoxy groups -OCH3 is 1. The third kappa shape index (κ3) is 6.22. The van der Waals surface area contributed by atoms with Gasteiger partial charge < -0.3 is 14.6 Å². The quantitative estimate of drug-likeness (QED) is 0.524. The molecule has 0 aliphatic rings. The van der Waals surface area contributed by atoms with Crippen molar-refractivity contribution in [3.63, 3.8) is 0 Å². The lowest BCUT2D eigenvalue weighted by atomic mass is 10.0. The summed E-state index contributed by atoms with van der Waals surface area (Å²) in [6, 6.07) is 7.80. The Morgan fingerprint density at radius 1 is 1.30 bits per heavy atom. The Labute approximate surface area is 122 Å². The smallest absolute Gasteiger partial charge is 0.118 e. The van der Waals surface area contributed by atoms with Gasteiger partial charge in [0.2, 0.25) is 0 Å². The second kappa shape index (κ2) is 9.56. The summed E-state index contributed by atoms with van der Waals surface area (Å²) >= 11 is 0. The molecule has 1 aromatic rings. The number of hydrogen-bond acceptors (Lipinski definition) is 3. The zero-order valence-corrected chi connectivity index (χ0v) is 12.6. The van der Waals surface area contributed by atoms with Crippen molar-refractivity contribution in [3.8, 4) is 5.75 Å². The summed E-state index contributed by atoms with van der Waals surface area (Å²) < 4.78 is 10.7. The molecule has 0 spiro atoms. The monoisotopic (exact) mass is 278 g/mol. The van der Waals surface area contributed by atoms with E-state index >= 15 is 0 Å². The van der Waals surface area contributed by atoms with Gasteiger partial charge >= 0.3 is 0 Å². The van der Waals surface area contributed by atoms with E-state index in [-0.39, 0.29) is 0 Å². The van der Waals surface area contributed by atoms with Gasteiger partial charge in [0, 0.05) is 13.0 Å². The van der Waals surface area contributed by atoms with Crippen LogP contribution in [0.4, 0.5) is 0 Å². The second-order valence-electron chi connectivity index (χ2n) is 4.97. The van der Waals surface area contributed by atoms with E-state index in [0.29, 0.717) is 19.6 Å². The largest absolute Gasteiger partial charge is 0.497 e. The highest BCUT2D eigenvalue weighted by Crippen LogP contribution is 2.14. The first kappa shape index (κ1) is 16.7. The SMILES string of the molecule is C=C(CCCC)[C@H](O)CCOCc1ccc(OC)cc1. The molecule has 0 aromatic heterocycles. The molecule has 1 aromatic carbocycles. The Morgan fingerprint density at radius 3 is 2.60 bits per heavy atom. The standard InChI is InChI=1S/C17H26O3/c1-4-5-6-14(2)17(18)11-12-20-13-15-7-9-16(19-3)10-8-15/h7-10,17-18H,2,4-6,11-13H2,1,3H3/t17-/m1/s1. The van der Waals surface area contributed by atoms with Crippen LogP contribution in [0.3, 0.4) is 0 Å². The Kier molecular flexibility index (Phi) is 8.00. The van der Waals surface area contributed by atoms with Gasteiger partial charge in [-0.3, -0.25) is 0 Å². The molecule has 0 bridgehead atoms. The molecule has 0 unspecified atom stereocenters. The van der Waals surface area contributed by atoms with Crippen LogP contribution >= 0.6 is 0 Å².